The van der Waals surface area contributed by atoms with Gasteiger partial charge in [-0.3, -0.25) is 0 Å². The fourth-order valence-electron chi connectivity index (χ4n) is 3.85. The van der Waals surface area contributed by atoms with Crippen molar-refractivity contribution in [2.75, 3.05) is 0 Å². The second kappa shape index (κ2) is 4.84. The molecule has 0 radical (unpaired) electrons. The zero-order valence-electron chi connectivity index (χ0n) is 12.8. The van der Waals surface area contributed by atoms with E-state index >= 15 is 0 Å². The van der Waals surface area contributed by atoms with Gasteiger partial charge >= 0.3 is 0 Å². The molecule has 4 atom stereocenters. The third kappa shape index (κ3) is 2.14. The van der Waals surface area contributed by atoms with Gasteiger partial charge in [-0.25, -0.2) is 0 Å². The van der Waals surface area contributed by atoms with Crippen molar-refractivity contribution in [3.63, 3.8) is 0 Å². The van der Waals surface area contributed by atoms with Gasteiger partial charge in [-0.15, -0.1) is 0 Å². The molecular weight excluding hydrogens is 204 g/mol. The lowest BCUT2D eigenvalue weighted by molar-refractivity contribution is 0.0923. The Kier molecular flexibility index (Phi) is 2.62. The summed E-state index contributed by atoms with van der Waals surface area (Å²) in [6.07, 6.45) is 6.49. The molecule has 0 N–H and O–H groups in total. The maximum Gasteiger partial charge on any atom is 0.0355 e. The molecule has 0 heterocycles. The smallest absolute Gasteiger partial charge is 0.0355 e. The van der Waals surface area contributed by atoms with Crippen LogP contribution in [0.1, 0.15) is 59.6 Å². The Balaban J connectivity index is 1.98. The molecule has 0 bridgehead atoms. The van der Waals surface area contributed by atoms with Crippen LogP contribution in [0.15, 0.2) is 30.3 Å². The van der Waals surface area contributed by atoms with Crippen LogP contribution >= 0.6 is 0 Å². The minimum atomic E-state index is -0.451. The maximum atomic E-state index is 9.08. The first-order valence-electron chi connectivity index (χ1n) is 8.09. The van der Waals surface area contributed by atoms with Gasteiger partial charge in [0.15, 0.2) is 0 Å². The molecule has 1 aromatic rings. The van der Waals surface area contributed by atoms with Crippen molar-refractivity contribution in [3.05, 3.63) is 35.9 Å². The van der Waals surface area contributed by atoms with E-state index in [0.29, 0.717) is 11.8 Å². The third-order valence-electron chi connectivity index (χ3n) is 4.78. The van der Waals surface area contributed by atoms with E-state index in [9.17, 15) is 0 Å². The largest absolute Gasteiger partial charge is 0.0622 e. The summed E-state index contributed by atoms with van der Waals surface area (Å²) in [5, 5.41) is 0. The highest BCUT2D eigenvalue weighted by Crippen LogP contribution is 2.50. The SMILES string of the molecule is [2H]C1(C)CCC([2H])(c2ccccc2)C2CCCCC21. The molecule has 17 heavy (non-hydrogen) atoms. The van der Waals surface area contributed by atoms with Crippen LogP contribution in [-0.2, 0) is 0 Å². The minimum absolute atomic E-state index is 0.315. The van der Waals surface area contributed by atoms with Crippen molar-refractivity contribution in [2.45, 2.75) is 51.3 Å². The van der Waals surface area contributed by atoms with E-state index in [1.807, 2.05) is 6.07 Å². The second-order valence-corrected chi connectivity index (χ2v) is 5.74. The number of fused-ring (bicyclic) bond motifs is 1. The molecule has 2 aliphatic rings. The van der Waals surface area contributed by atoms with E-state index in [1.54, 1.807) is 0 Å². The molecule has 0 aliphatic heterocycles. The first-order valence-corrected chi connectivity index (χ1v) is 7.09. The highest BCUT2D eigenvalue weighted by Gasteiger charge is 2.38. The van der Waals surface area contributed by atoms with Crippen LogP contribution in [0.4, 0.5) is 0 Å². The molecule has 0 nitrogen and oxygen atoms in total. The molecule has 2 aliphatic carbocycles. The zero-order chi connectivity index (χ0) is 13.5. The van der Waals surface area contributed by atoms with Crippen LogP contribution < -0.4 is 0 Å². The van der Waals surface area contributed by atoms with Gasteiger partial charge in [-0.05, 0) is 54.9 Å². The average Bonchev–Trinajstić information content (AvgIpc) is 2.45. The van der Waals surface area contributed by atoms with Gasteiger partial charge in [0.05, 0.1) is 0 Å². The van der Waals surface area contributed by atoms with Crippen LogP contribution in [0.5, 0.6) is 0 Å². The van der Waals surface area contributed by atoms with E-state index in [2.05, 4.69) is 31.2 Å². The number of benzene rings is 1. The second-order valence-electron chi connectivity index (χ2n) is 5.74. The number of hydrogen-bond acceptors (Lipinski definition) is 0. The van der Waals surface area contributed by atoms with Gasteiger partial charge in [0.1, 0.15) is 0 Å². The Hall–Kier alpha value is -0.780. The first-order chi connectivity index (χ1) is 9.04. The Labute approximate surface area is 108 Å². The Bertz CT molecular complexity index is 440. The van der Waals surface area contributed by atoms with E-state index in [1.165, 1.54) is 18.4 Å². The molecule has 0 spiro atoms. The van der Waals surface area contributed by atoms with Crippen molar-refractivity contribution in [3.8, 4) is 0 Å². The molecule has 0 saturated heterocycles. The van der Waals surface area contributed by atoms with Gasteiger partial charge in [0, 0.05) is 2.74 Å². The molecule has 3 rings (SSSR count). The third-order valence-corrected chi connectivity index (χ3v) is 4.78. The summed E-state index contributed by atoms with van der Waals surface area (Å²) in [6, 6.07) is 10.4. The Morgan fingerprint density at radius 3 is 2.41 bits per heavy atom. The van der Waals surface area contributed by atoms with Crippen molar-refractivity contribution >= 4 is 0 Å². The summed E-state index contributed by atoms with van der Waals surface area (Å²) in [6.45, 7) is 2.10. The van der Waals surface area contributed by atoms with Crippen LogP contribution in [0.25, 0.3) is 0 Å². The van der Waals surface area contributed by atoms with Gasteiger partial charge < -0.3 is 0 Å². The summed E-state index contributed by atoms with van der Waals surface area (Å²) in [5.41, 5.74) is 1.17. The normalized spacial score (nSPS) is 47.8. The summed E-state index contributed by atoms with van der Waals surface area (Å²) in [5.74, 6) is 0.0183. The molecule has 1 aromatic carbocycles. The van der Waals surface area contributed by atoms with Gasteiger partial charge in [0.25, 0.3) is 0 Å². The molecular formula is C17H24. The highest BCUT2D eigenvalue weighted by atomic mass is 14.4. The number of rotatable bonds is 1. The molecule has 2 saturated carbocycles. The average molecular weight is 230 g/mol. The van der Waals surface area contributed by atoms with Gasteiger partial charge in [-0.2, -0.15) is 0 Å². The van der Waals surface area contributed by atoms with Crippen molar-refractivity contribution in [1.29, 1.82) is 0 Å². The van der Waals surface area contributed by atoms with E-state index in [0.717, 1.165) is 25.7 Å². The van der Waals surface area contributed by atoms with E-state index in [-0.39, 0.29) is 5.89 Å². The maximum absolute atomic E-state index is 9.08. The highest BCUT2D eigenvalue weighted by molar-refractivity contribution is 5.21. The summed E-state index contributed by atoms with van der Waals surface area (Å²) in [7, 11) is 0. The van der Waals surface area contributed by atoms with Crippen LogP contribution in [-0.4, -0.2) is 0 Å². The molecule has 0 amide bonds. The summed E-state index contributed by atoms with van der Waals surface area (Å²) in [4.78, 5) is 0. The fourth-order valence-corrected chi connectivity index (χ4v) is 3.85. The van der Waals surface area contributed by atoms with E-state index < -0.39 is 5.89 Å². The number of hydrogen-bond donors (Lipinski definition) is 0. The first kappa shape index (κ1) is 9.19. The monoisotopic (exact) mass is 230 g/mol. The predicted molar refractivity (Wildman–Crippen MR) is 73.0 cm³/mol. The molecule has 0 aromatic heterocycles. The van der Waals surface area contributed by atoms with Crippen molar-refractivity contribution in [1.82, 2.24) is 0 Å². The molecule has 0 heteroatoms. The fraction of sp³-hybridized carbons (Fsp3) is 0.647. The van der Waals surface area contributed by atoms with Crippen LogP contribution in [0, 0.1) is 17.7 Å². The summed E-state index contributed by atoms with van der Waals surface area (Å²) < 4.78 is 17.7. The van der Waals surface area contributed by atoms with Crippen molar-refractivity contribution < 1.29 is 2.74 Å². The minimum Gasteiger partial charge on any atom is -0.0622 e. The lowest BCUT2D eigenvalue weighted by Crippen LogP contribution is -2.34. The predicted octanol–water partition coefficient (Wildman–Crippen LogP) is 5.01. The van der Waals surface area contributed by atoms with Gasteiger partial charge in [-0.1, -0.05) is 50.1 Å². The standard InChI is InChI=1S/C17H24/c1-13-11-12-16(14-7-3-2-4-8-14)17-10-6-5-9-15(13)17/h2-4,7-8,13,15-17H,5-6,9-12H2,1H3/i13D,16D. The molecule has 92 valence electrons. The zero-order valence-corrected chi connectivity index (χ0v) is 10.8. The quantitative estimate of drug-likeness (QED) is 0.636. The van der Waals surface area contributed by atoms with Crippen molar-refractivity contribution in [2.24, 2.45) is 17.7 Å². The van der Waals surface area contributed by atoms with Crippen LogP contribution in [0.2, 0.25) is 0 Å². The molecule has 4 unspecified atom stereocenters. The Morgan fingerprint density at radius 1 is 0.941 bits per heavy atom. The Morgan fingerprint density at radius 2 is 1.65 bits per heavy atom. The lowest BCUT2D eigenvalue weighted by atomic mass is 9.60. The summed E-state index contributed by atoms with van der Waals surface area (Å²) >= 11 is 0. The van der Waals surface area contributed by atoms with E-state index in [4.69, 9.17) is 2.74 Å². The topological polar surface area (TPSA) is 0 Å². The van der Waals surface area contributed by atoms with Crippen LogP contribution in [0.3, 0.4) is 0 Å². The van der Waals surface area contributed by atoms with Gasteiger partial charge in [0.2, 0.25) is 0 Å². The lowest BCUT2D eigenvalue weighted by Gasteiger charge is -2.45. The molecule has 2 fully saturated rings.